The van der Waals surface area contributed by atoms with Crippen LogP contribution in [-0.4, -0.2) is 44.3 Å². The zero-order valence-corrected chi connectivity index (χ0v) is 15.4. The lowest BCUT2D eigenvalue weighted by Crippen LogP contribution is -2.33. The van der Waals surface area contributed by atoms with Crippen LogP contribution in [0.2, 0.25) is 0 Å². The summed E-state index contributed by atoms with van der Waals surface area (Å²) < 4.78 is 2.32. The van der Waals surface area contributed by atoms with Gasteiger partial charge in [-0.1, -0.05) is 12.8 Å². The fraction of sp³-hybridized carbons (Fsp3) is 0.632. The molecule has 7 nitrogen and oxygen atoms in total. The van der Waals surface area contributed by atoms with Gasteiger partial charge in [0.25, 0.3) is 0 Å². The quantitative estimate of drug-likeness (QED) is 0.670. The number of hydrogen-bond acceptors (Lipinski definition) is 4. The fourth-order valence-electron chi connectivity index (χ4n) is 3.68. The molecule has 0 bridgehead atoms. The van der Waals surface area contributed by atoms with E-state index in [9.17, 15) is 9.59 Å². The van der Waals surface area contributed by atoms with Crippen LogP contribution in [0.5, 0.6) is 0 Å². The molecule has 0 spiro atoms. The van der Waals surface area contributed by atoms with Gasteiger partial charge >= 0.3 is 11.9 Å². The van der Waals surface area contributed by atoms with Crippen molar-refractivity contribution in [3.8, 4) is 0 Å². The Morgan fingerprint density at radius 1 is 1.23 bits per heavy atom. The molecule has 1 saturated carbocycles. The van der Waals surface area contributed by atoms with Crippen molar-refractivity contribution >= 4 is 11.9 Å². The first-order chi connectivity index (χ1) is 12.5. The van der Waals surface area contributed by atoms with Crippen LogP contribution in [-0.2, 0) is 29.0 Å². The second-order valence-electron chi connectivity index (χ2n) is 6.93. The Hall–Kier alpha value is -2.15. The van der Waals surface area contributed by atoms with Gasteiger partial charge in [-0.2, -0.15) is 0 Å². The molecular formula is C19H29N3O4. The van der Waals surface area contributed by atoms with Gasteiger partial charge < -0.3 is 20.1 Å². The Labute approximate surface area is 154 Å². The average molecular weight is 363 g/mol. The van der Waals surface area contributed by atoms with Gasteiger partial charge in [-0.15, -0.1) is 0 Å². The summed E-state index contributed by atoms with van der Waals surface area (Å²) in [6.45, 7) is 4.46. The van der Waals surface area contributed by atoms with Crippen molar-refractivity contribution in [3.05, 3.63) is 29.9 Å². The van der Waals surface area contributed by atoms with E-state index in [0.717, 1.165) is 18.5 Å². The Morgan fingerprint density at radius 2 is 1.88 bits per heavy atom. The fourth-order valence-corrected chi connectivity index (χ4v) is 3.68. The molecule has 0 radical (unpaired) electrons. The number of carboxylic acid groups (broad SMARTS) is 2. The zero-order valence-electron chi connectivity index (χ0n) is 15.4. The SMILES string of the molecule is CCn1cnc2c1CCC(CNC1CCCC1)C2.O=C(O)/C=C/C(=O)O. The highest BCUT2D eigenvalue weighted by Crippen LogP contribution is 2.25. The van der Waals surface area contributed by atoms with Crippen molar-refractivity contribution < 1.29 is 19.8 Å². The lowest BCUT2D eigenvalue weighted by molar-refractivity contribution is -0.134. The van der Waals surface area contributed by atoms with E-state index in [1.807, 2.05) is 6.33 Å². The molecule has 2 aliphatic rings. The Kier molecular flexibility index (Phi) is 7.84. The number of hydrogen-bond donors (Lipinski definition) is 3. The number of carbonyl (C=O) groups is 2. The van der Waals surface area contributed by atoms with Crippen molar-refractivity contribution in [3.63, 3.8) is 0 Å². The molecule has 0 saturated heterocycles. The molecule has 7 heteroatoms. The minimum atomic E-state index is -1.26. The number of rotatable bonds is 6. The van der Waals surface area contributed by atoms with E-state index in [1.54, 1.807) is 0 Å². The third-order valence-electron chi connectivity index (χ3n) is 5.06. The molecule has 3 rings (SSSR count). The minimum Gasteiger partial charge on any atom is -0.478 e. The van der Waals surface area contributed by atoms with Gasteiger partial charge in [0.15, 0.2) is 0 Å². The van der Waals surface area contributed by atoms with Crippen LogP contribution in [0, 0.1) is 5.92 Å². The summed E-state index contributed by atoms with van der Waals surface area (Å²) in [6, 6.07) is 0.805. The summed E-state index contributed by atoms with van der Waals surface area (Å²) in [5, 5.41) is 19.4. The predicted octanol–water partition coefficient (Wildman–Crippen LogP) is 2.25. The summed E-state index contributed by atoms with van der Waals surface area (Å²) in [7, 11) is 0. The number of nitrogens with one attached hydrogen (secondary N) is 1. The second kappa shape index (κ2) is 10.1. The number of fused-ring (bicyclic) bond motifs is 1. The van der Waals surface area contributed by atoms with E-state index in [-0.39, 0.29) is 0 Å². The van der Waals surface area contributed by atoms with Gasteiger partial charge in [0.1, 0.15) is 0 Å². The molecular weight excluding hydrogens is 334 g/mol. The van der Waals surface area contributed by atoms with Gasteiger partial charge in [-0.3, -0.25) is 0 Å². The molecule has 3 N–H and O–H groups in total. The molecule has 1 aromatic rings. The van der Waals surface area contributed by atoms with Gasteiger partial charge in [0, 0.05) is 30.4 Å². The molecule has 2 aliphatic carbocycles. The van der Waals surface area contributed by atoms with Crippen molar-refractivity contribution in [2.24, 2.45) is 5.92 Å². The van der Waals surface area contributed by atoms with Crippen LogP contribution in [0.4, 0.5) is 0 Å². The van der Waals surface area contributed by atoms with Crippen molar-refractivity contribution in [2.45, 2.75) is 64.5 Å². The number of nitrogens with zero attached hydrogens (tertiary/aromatic N) is 2. The first-order valence-corrected chi connectivity index (χ1v) is 9.39. The predicted molar refractivity (Wildman–Crippen MR) is 98.1 cm³/mol. The highest BCUT2D eigenvalue weighted by Gasteiger charge is 2.23. The van der Waals surface area contributed by atoms with Crippen LogP contribution in [0.15, 0.2) is 18.5 Å². The molecule has 0 amide bonds. The monoisotopic (exact) mass is 363 g/mol. The minimum absolute atomic E-state index is 0.558. The van der Waals surface area contributed by atoms with Crippen molar-refractivity contribution in [1.29, 1.82) is 0 Å². The number of aliphatic carboxylic acids is 2. The smallest absolute Gasteiger partial charge is 0.328 e. The van der Waals surface area contributed by atoms with E-state index in [1.165, 1.54) is 62.9 Å². The average Bonchev–Trinajstić information content (AvgIpc) is 3.27. The van der Waals surface area contributed by atoms with Crippen LogP contribution in [0.3, 0.4) is 0 Å². The molecule has 1 heterocycles. The molecule has 144 valence electrons. The maximum Gasteiger partial charge on any atom is 0.328 e. The summed E-state index contributed by atoms with van der Waals surface area (Å²) >= 11 is 0. The Balaban J connectivity index is 0.000000260. The molecule has 1 aromatic heterocycles. The first-order valence-electron chi connectivity index (χ1n) is 9.39. The number of aromatic nitrogens is 2. The standard InChI is InChI=1S/C15H25N3.C4H4O4/c1-2-18-11-17-14-9-12(7-8-15(14)18)10-16-13-5-3-4-6-13;5-3(6)1-2-4(7)8/h11-13,16H,2-10H2,1H3;1-2H,(H,5,6)(H,7,8)/b;2-1+. The summed E-state index contributed by atoms with van der Waals surface area (Å²) in [5.41, 5.74) is 2.86. The van der Waals surface area contributed by atoms with Gasteiger partial charge in [-0.05, 0) is 51.5 Å². The normalized spacial score (nSPS) is 19.8. The molecule has 1 fully saturated rings. The van der Waals surface area contributed by atoms with Crippen molar-refractivity contribution in [2.75, 3.05) is 6.54 Å². The van der Waals surface area contributed by atoms with Crippen LogP contribution >= 0.6 is 0 Å². The number of carboxylic acids is 2. The largest absolute Gasteiger partial charge is 0.478 e. The topological polar surface area (TPSA) is 104 Å². The zero-order chi connectivity index (χ0) is 18.9. The maximum absolute atomic E-state index is 9.55. The van der Waals surface area contributed by atoms with Crippen molar-refractivity contribution in [1.82, 2.24) is 14.9 Å². The molecule has 1 atom stereocenters. The molecule has 26 heavy (non-hydrogen) atoms. The van der Waals surface area contributed by atoms with Gasteiger partial charge in [-0.25, -0.2) is 14.6 Å². The molecule has 0 aromatic carbocycles. The van der Waals surface area contributed by atoms with Gasteiger partial charge in [0.05, 0.1) is 12.0 Å². The summed E-state index contributed by atoms with van der Waals surface area (Å²) in [6.07, 6.45) is 12.5. The van der Waals surface area contributed by atoms with E-state index < -0.39 is 11.9 Å². The first kappa shape index (κ1) is 20.2. The van der Waals surface area contributed by atoms with Crippen LogP contribution in [0.1, 0.15) is 50.4 Å². The lowest BCUT2D eigenvalue weighted by Gasteiger charge is -2.24. The van der Waals surface area contributed by atoms with Crippen LogP contribution < -0.4 is 5.32 Å². The Morgan fingerprint density at radius 3 is 2.46 bits per heavy atom. The molecule has 0 aliphatic heterocycles. The third kappa shape index (κ3) is 6.29. The Bertz CT molecular complexity index is 617. The summed E-state index contributed by atoms with van der Waals surface area (Å²) in [4.78, 5) is 23.7. The lowest BCUT2D eigenvalue weighted by atomic mass is 9.89. The second-order valence-corrected chi connectivity index (χ2v) is 6.93. The van der Waals surface area contributed by atoms with Gasteiger partial charge in [0.2, 0.25) is 0 Å². The van der Waals surface area contributed by atoms with E-state index in [2.05, 4.69) is 21.8 Å². The maximum atomic E-state index is 9.55. The highest BCUT2D eigenvalue weighted by molar-refractivity contribution is 5.89. The highest BCUT2D eigenvalue weighted by atomic mass is 16.4. The number of aryl methyl sites for hydroxylation is 1. The van der Waals surface area contributed by atoms with Crippen LogP contribution in [0.25, 0.3) is 0 Å². The van der Waals surface area contributed by atoms with E-state index in [0.29, 0.717) is 12.2 Å². The summed E-state index contributed by atoms with van der Waals surface area (Å²) in [5.74, 6) is -1.71. The van der Waals surface area contributed by atoms with E-state index in [4.69, 9.17) is 10.2 Å². The van der Waals surface area contributed by atoms with E-state index >= 15 is 0 Å². The third-order valence-corrected chi connectivity index (χ3v) is 5.06. The number of imidazole rings is 1. The molecule has 1 unspecified atom stereocenters.